The summed E-state index contributed by atoms with van der Waals surface area (Å²) >= 11 is 0. The molecule has 2 aromatic rings. The van der Waals surface area contributed by atoms with Crippen molar-refractivity contribution in [3.05, 3.63) is 47.0 Å². The highest BCUT2D eigenvalue weighted by molar-refractivity contribution is 14.0. The van der Waals surface area contributed by atoms with Gasteiger partial charge in [0.15, 0.2) is 5.96 Å². The molecule has 2 N–H and O–H groups in total. The number of ether oxygens (including phenoxy) is 5. The molecular formula is C23H34IN3O5. The largest absolute Gasteiger partial charge is 0.496 e. The fraction of sp³-hybridized carbons (Fsp3) is 0.435. The summed E-state index contributed by atoms with van der Waals surface area (Å²) in [5, 5.41) is 6.63. The standard InChI is InChI=1S/C23H33N3O5.HI/c1-16-7-8-17(20(11-16)31-10-9-27-3)14-25-23(24-2)26-15-19-21(29-5)12-18(28-4)13-22(19)30-6;/h7-8,11-13H,9-10,14-15H2,1-6H3,(H2,24,25,26);1H. The van der Waals surface area contributed by atoms with E-state index in [1.807, 2.05) is 31.2 Å². The zero-order valence-electron chi connectivity index (χ0n) is 19.6. The minimum absolute atomic E-state index is 0. The molecule has 0 aliphatic carbocycles. The van der Waals surface area contributed by atoms with Gasteiger partial charge in [0.2, 0.25) is 0 Å². The van der Waals surface area contributed by atoms with E-state index in [2.05, 4.69) is 21.7 Å². The summed E-state index contributed by atoms with van der Waals surface area (Å²) in [5.41, 5.74) is 3.04. The van der Waals surface area contributed by atoms with Gasteiger partial charge in [0, 0.05) is 38.4 Å². The average molecular weight is 559 g/mol. The van der Waals surface area contributed by atoms with Crippen molar-refractivity contribution < 1.29 is 23.7 Å². The maximum absolute atomic E-state index is 5.87. The number of hydrogen-bond acceptors (Lipinski definition) is 6. The Morgan fingerprint density at radius 1 is 0.844 bits per heavy atom. The van der Waals surface area contributed by atoms with Gasteiger partial charge in [-0.15, -0.1) is 24.0 Å². The van der Waals surface area contributed by atoms with Gasteiger partial charge in [-0.2, -0.15) is 0 Å². The summed E-state index contributed by atoms with van der Waals surface area (Å²) in [4.78, 5) is 4.31. The molecule has 0 aliphatic rings. The van der Waals surface area contributed by atoms with Crippen molar-refractivity contribution in [2.45, 2.75) is 20.0 Å². The Morgan fingerprint density at radius 2 is 1.50 bits per heavy atom. The topological polar surface area (TPSA) is 82.6 Å². The van der Waals surface area contributed by atoms with Crippen LogP contribution in [0, 0.1) is 6.92 Å². The van der Waals surface area contributed by atoms with Crippen LogP contribution in [0.3, 0.4) is 0 Å². The third-order valence-corrected chi connectivity index (χ3v) is 4.69. The van der Waals surface area contributed by atoms with Crippen molar-refractivity contribution in [2.75, 3.05) is 48.7 Å². The Labute approximate surface area is 207 Å². The number of guanidine groups is 1. The number of aliphatic imine (C=N–C) groups is 1. The molecule has 0 saturated heterocycles. The highest BCUT2D eigenvalue weighted by Crippen LogP contribution is 2.33. The number of hydrogen-bond donors (Lipinski definition) is 2. The van der Waals surface area contributed by atoms with Crippen LogP contribution in [0.5, 0.6) is 23.0 Å². The van der Waals surface area contributed by atoms with Gasteiger partial charge in [-0.3, -0.25) is 4.99 Å². The highest BCUT2D eigenvalue weighted by Gasteiger charge is 2.14. The lowest BCUT2D eigenvalue weighted by atomic mass is 10.1. The lowest BCUT2D eigenvalue weighted by Gasteiger charge is -2.18. The monoisotopic (exact) mass is 559 g/mol. The lowest BCUT2D eigenvalue weighted by molar-refractivity contribution is 0.145. The van der Waals surface area contributed by atoms with Crippen LogP contribution in [0.1, 0.15) is 16.7 Å². The van der Waals surface area contributed by atoms with Crippen LogP contribution < -0.4 is 29.6 Å². The van der Waals surface area contributed by atoms with Crippen LogP contribution in [0.4, 0.5) is 0 Å². The van der Waals surface area contributed by atoms with Crippen LogP contribution >= 0.6 is 24.0 Å². The molecule has 2 aromatic carbocycles. The molecule has 0 spiro atoms. The number of nitrogens with one attached hydrogen (secondary N) is 2. The number of aryl methyl sites for hydroxylation is 1. The quantitative estimate of drug-likeness (QED) is 0.189. The summed E-state index contributed by atoms with van der Waals surface area (Å²) in [6.07, 6.45) is 0. The molecule has 0 unspecified atom stereocenters. The Kier molecular flexibility index (Phi) is 12.6. The molecule has 0 bridgehead atoms. The fourth-order valence-electron chi connectivity index (χ4n) is 3.00. The molecule has 8 nitrogen and oxygen atoms in total. The summed E-state index contributed by atoms with van der Waals surface area (Å²) < 4.78 is 27.3. The molecule has 2 rings (SSSR count). The number of halogens is 1. The molecule has 0 aliphatic heterocycles. The van der Waals surface area contributed by atoms with Gasteiger partial charge < -0.3 is 34.3 Å². The molecule has 0 aromatic heterocycles. The van der Waals surface area contributed by atoms with E-state index in [1.54, 1.807) is 35.5 Å². The first kappa shape index (κ1) is 27.6. The van der Waals surface area contributed by atoms with Crippen LogP contribution in [0.25, 0.3) is 0 Å². The van der Waals surface area contributed by atoms with Gasteiger partial charge in [-0.1, -0.05) is 12.1 Å². The zero-order chi connectivity index (χ0) is 22.6. The van der Waals surface area contributed by atoms with Crippen molar-refractivity contribution in [1.82, 2.24) is 10.6 Å². The average Bonchev–Trinajstić information content (AvgIpc) is 2.79. The van der Waals surface area contributed by atoms with Crippen LogP contribution in [-0.4, -0.2) is 54.7 Å². The Bertz CT molecular complexity index is 852. The second-order valence-corrected chi connectivity index (χ2v) is 6.74. The van der Waals surface area contributed by atoms with Crippen LogP contribution in [0.2, 0.25) is 0 Å². The molecule has 32 heavy (non-hydrogen) atoms. The molecule has 178 valence electrons. The Morgan fingerprint density at radius 3 is 2.06 bits per heavy atom. The van der Waals surface area contributed by atoms with Gasteiger partial charge in [0.25, 0.3) is 0 Å². The predicted octanol–water partition coefficient (Wildman–Crippen LogP) is 3.53. The van der Waals surface area contributed by atoms with E-state index in [0.717, 1.165) is 22.4 Å². The second kappa shape index (κ2) is 14.6. The number of methoxy groups -OCH3 is 4. The molecule has 0 fully saturated rings. The number of rotatable bonds is 11. The van der Waals surface area contributed by atoms with Crippen molar-refractivity contribution in [3.63, 3.8) is 0 Å². The summed E-state index contributed by atoms with van der Waals surface area (Å²) in [6.45, 7) is 4.09. The molecule has 0 radical (unpaired) electrons. The SMILES string of the molecule is CN=C(NCc1ccc(C)cc1OCCOC)NCc1c(OC)cc(OC)cc1OC.I. The zero-order valence-corrected chi connectivity index (χ0v) is 21.9. The van der Waals surface area contributed by atoms with Gasteiger partial charge in [0.05, 0.1) is 40.0 Å². The van der Waals surface area contributed by atoms with E-state index in [1.165, 1.54) is 0 Å². The third kappa shape index (κ3) is 7.94. The molecule has 0 amide bonds. The predicted molar refractivity (Wildman–Crippen MR) is 137 cm³/mol. The minimum atomic E-state index is 0. The van der Waals surface area contributed by atoms with Crippen LogP contribution in [-0.2, 0) is 17.8 Å². The van der Waals surface area contributed by atoms with Crippen molar-refractivity contribution in [3.8, 4) is 23.0 Å². The summed E-state index contributed by atoms with van der Waals surface area (Å²) in [7, 11) is 8.23. The third-order valence-electron chi connectivity index (χ3n) is 4.69. The van der Waals surface area contributed by atoms with E-state index in [0.29, 0.717) is 49.5 Å². The van der Waals surface area contributed by atoms with E-state index in [4.69, 9.17) is 23.7 Å². The Hall–Kier alpha value is -2.40. The van der Waals surface area contributed by atoms with Gasteiger partial charge in [-0.25, -0.2) is 0 Å². The number of nitrogens with zero attached hydrogens (tertiary/aromatic N) is 1. The summed E-state index contributed by atoms with van der Waals surface area (Å²) in [6, 6.07) is 9.78. The molecule has 9 heteroatoms. The van der Waals surface area contributed by atoms with Crippen molar-refractivity contribution in [2.24, 2.45) is 4.99 Å². The van der Waals surface area contributed by atoms with E-state index >= 15 is 0 Å². The smallest absolute Gasteiger partial charge is 0.191 e. The van der Waals surface area contributed by atoms with Gasteiger partial charge in [0.1, 0.15) is 29.6 Å². The first-order valence-electron chi connectivity index (χ1n) is 10.0. The first-order valence-corrected chi connectivity index (χ1v) is 10.0. The fourth-order valence-corrected chi connectivity index (χ4v) is 3.00. The molecule has 0 atom stereocenters. The van der Waals surface area contributed by atoms with Crippen molar-refractivity contribution in [1.29, 1.82) is 0 Å². The minimum Gasteiger partial charge on any atom is -0.496 e. The van der Waals surface area contributed by atoms with Gasteiger partial charge >= 0.3 is 0 Å². The maximum Gasteiger partial charge on any atom is 0.191 e. The van der Waals surface area contributed by atoms with E-state index in [9.17, 15) is 0 Å². The Balaban J connectivity index is 0.00000512. The van der Waals surface area contributed by atoms with Gasteiger partial charge in [-0.05, 0) is 18.6 Å². The normalized spacial score (nSPS) is 10.8. The van der Waals surface area contributed by atoms with Crippen molar-refractivity contribution >= 4 is 29.9 Å². The maximum atomic E-state index is 5.87. The number of benzene rings is 2. The summed E-state index contributed by atoms with van der Waals surface area (Å²) in [5.74, 6) is 3.49. The van der Waals surface area contributed by atoms with E-state index in [-0.39, 0.29) is 24.0 Å². The lowest BCUT2D eigenvalue weighted by Crippen LogP contribution is -2.36. The van der Waals surface area contributed by atoms with Crippen LogP contribution in [0.15, 0.2) is 35.3 Å². The second-order valence-electron chi connectivity index (χ2n) is 6.74. The van der Waals surface area contributed by atoms with E-state index < -0.39 is 0 Å². The molecule has 0 heterocycles. The highest BCUT2D eigenvalue weighted by atomic mass is 127. The molecule has 0 saturated carbocycles. The molecular weight excluding hydrogens is 525 g/mol. The first-order chi connectivity index (χ1) is 15.1.